The van der Waals surface area contributed by atoms with Crippen LogP contribution in [-0.2, 0) is 4.74 Å². The second kappa shape index (κ2) is 11.1. The van der Waals surface area contributed by atoms with Gasteiger partial charge in [0.25, 0.3) is 5.91 Å². The molecule has 1 unspecified atom stereocenters. The lowest BCUT2D eigenvalue weighted by molar-refractivity contribution is 0.00988. The Labute approximate surface area is 205 Å². The van der Waals surface area contributed by atoms with Gasteiger partial charge in [-0.1, -0.05) is 13.0 Å². The number of nitrogens with zero attached hydrogens (tertiary/aromatic N) is 4. The maximum Gasteiger partial charge on any atom is 0.251 e. The summed E-state index contributed by atoms with van der Waals surface area (Å²) in [7, 11) is 5.28. The first-order valence-corrected chi connectivity index (χ1v) is 11.7. The average Bonchev–Trinajstić information content (AvgIpc) is 2.87. The summed E-state index contributed by atoms with van der Waals surface area (Å²) in [6.45, 7) is 4.36. The van der Waals surface area contributed by atoms with E-state index in [0.717, 1.165) is 54.6 Å². The Morgan fingerprint density at radius 3 is 2.69 bits per heavy atom. The zero-order valence-corrected chi connectivity index (χ0v) is 20.6. The minimum atomic E-state index is -0.131. The maximum atomic E-state index is 11.9. The summed E-state index contributed by atoms with van der Waals surface area (Å²) in [5, 5.41) is 6.03. The van der Waals surface area contributed by atoms with Gasteiger partial charge in [-0.3, -0.25) is 4.79 Å². The number of nitrogens with one attached hydrogen (secondary N) is 2. The number of hydrogen-bond donors (Lipinski definition) is 2. The maximum absolute atomic E-state index is 11.9. The van der Waals surface area contributed by atoms with Gasteiger partial charge in [0.05, 0.1) is 32.1 Å². The lowest BCUT2D eigenvalue weighted by atomic mass is 9.95. The Morgan fingerprint density at radius 2 is 2.03 bits per heavy atom. The van der Waals surface area contributed by atoms with Gasteiger partial charge < -0.3 is 25.0 Å². The van der Waals surface area contributed by atoms with Gasteiger partial charge in [0.1, 0.15) is 23.7 Å². The number of amides is 1. The van der Waals surface area contributed by atoms with Crippen LogP contribution in [0.25, 0.3) is 11.3 Å². The third kappa shape index (κ3) is 5.68. The fourth-order valence-electron chi connectivity index (χ4n) is 3.97. The van der Waals surface area contributed by atoms with E-state index in [1.54, 1.807) is 26.6 Å². The third-order valence-corrected chi connectivity index (χ3v) is 6.38. The van der Waals surface area contributed by atoms with Crippen LogP contribution in [0.1, 0.15) is 35.2 Å². The monoisotopic (exact) mass is 476 g/mol. The van der Waals surface area contributed by atoms with Crippen molar-refractivity contribution in [3.8, 4) is 17.0 Å². The van der Waals surface area contributed by atoms with E-state index in [2.05, 4.69) is 37.4 Å². The lowest BCUT2D eigenvalue weighted by Gasteiger charge is -2.35. The number of hydrogen-bond acceptors (Lipinski definition) is 8. The Bertz CT molecular complexity index is 1150. The highest BCUT2D eigenvalue weighted by Crippen LogP contribution is 2.30. The first kappa shape index (κ1) is 24.4. The third-order valence-electron chi connectivity index (χ3n) is 6.38. The summed E-state index contributed by atoms with van der Waals surface area (Å²) < 4.78 is 10.8. The Morgan fingerprint density at radius 1 is 1.20 bits per heavy atom. The Hall–Kier alpha value is -3.72. The number of ether oxygens (including phenoxy) is 2. The number of carbonyl (C=O) groups is 1. The lowest BCUT2D eigenvalue weighted by Crippen LogP contribution is -2.47. The molecule has 184 valence electrons. The predicted molar refractivity (Wildman–Crippen MR) is 136 cm³/mol. The SMILES string of the molecule is CNC(=O)c1ccc(C(C)CCNc2cc(-c3ccc(N(C)C4COC4)nc3)ncn2)c(OC)c1. The van der Waals surface area contributed by atoms with E-state index in [4.69, 9.17) is 9.47 Å². The number of aromatic nitrogens is 3. The second-order valence-corrected chi connectivity index (χ2v) is 8.65. The van der Waals surface area contributed by atoms with Gasteiger partial charge in [-0.2, -0.15) is 0 Å². The summed E-state index contributed by atoms with van der Waals surface area (Å²) in [4.78, 5) is 27.4. The largest absolute Gasteiger partial charge is 0.496 e. The number of likely N-dealkylation sites (N-methyl/N-ethyl adjacent to an activating group) is 1. The van der Waals surface area contributed by atoms with E-state index < -0.39 is 0 Å². The van der Waals surface area contributed by atoms with Gasteiger partial charge >= 0.3 is 0 Å². The molecule has 1 aliphatic heterocycles. The van der Waals surface area contributed by atoms with E-state index in [1.807, 2.05) is 43.6 Å². The van der Waals surface area contributed by atoms with Crippen molar-refractivity contribution in [3.05, 3.63) is 60.0 Å². The van der Waals surface area contributed by atoms with E-state index in [9.17, 15) is 4.79 Å². The average molecular weight is 477 g/mol. The molecule has 9 nitrogen and oxygen atoms in total. The molecule has 1 fully saturated rings. The van der Waals surface area contributed by atoms with E-state index >= 15 is 0 Å². The van der Waals surface area contributed by atoms with Crippen molar-refractivity contribution >= 4 is 17.5 Å². The van der Waals surface area contributed by atoms with Crippen LogP contribution in [0.2, 0.25) is 0 Å². The standard InChI is InChI=1S/C26H32N6O3/c1-17(21-7-5-18(26(33)27-2)11-23(21)34-4)9-10-28-24-12-22(30-16-31-24)19-6-8-25(29-13-19)32(3)20-14-35-15-20/h5-8,11-13,16-17,20H,9-10,14-15H2,1-4H3,(H,27,33)(H,28,30,31). The normalized spacial score (nSPS) is 14.1. The molecule has 1 aliphatic rings. The highest BCUT2D eigenvalue weighted by Gasteiger charge is 2.24. The van der Waals surface area contributed by atoms with Crippen molar-refractivity contribution in [2.45, 2.75) is 25.3 Å². The molecular weight excluding hydrogens is 444 g/mol. The molecule has 3 aromatic rings. The molecule has 3 heterocycles. The predicted octanol–water partition coefficient (Wildman–Crippen LogP) is 3.35. The van der Waals surface area contributed by atoms with Crippen molar-refractivity contribution in [2.75, 3.05) is 51.2 Å². The molecule has 0 spiro atoms. The molecule has 35 heavy (non-hydrogen) atoms. The number of methoxy groups -OCH3 is 1. The molecule has 0 bridgehead atoms. The van der Waals surface area contributed by atoms with Gasteiger partial charge in [-0.05, 0) is 42.2 Å². The molecule has 9 heteroatoms. The van der Waals surface area contributed by atoms with Crippen LogP contribution in [0.3, 0.4) is 0 Å². The van der Waals surface area contributed by atoms with Crippen LogP contribution in [0.5, 0.6) is 5.75 Å². The van der Waals surface area contributed by atoms with Crippen molar-refractivity contribution in [3.63, 3.8) is 0 Å². The molecule has 4 rings (SSSR count). The highest BCUT2D eigenvalue weighted by molar-refractivity contribution is 5.94. The fraction of sp³-hybridized carbons (Fsp3) is 0.385. The molecular formula is C26H32N6O3. The number of benzene rings is 1. The second-order valence-electron chi connectivity index (χ2n) is 8.65. The van der Waals surface area contributed by atoms with Crippen molar-refractivity contribution in [2.24, 2.45) is 0 Å². The number of carbonyl (C=O) groups excluding carboxylic acids is 1. The molecule has 1 aromatic carbocycles. The van der Waals surface area contributed by atoms with Crippen molar-refractivity contribution in [1.29, 1.82) is 0 Å². The van der Waals surface area contributed by atoms with E-state index in [1.165, 1.54) is 0 Å². The summed E-state index contributed by atoms with van der Waals surface area (Å²) in [5.41, 5.74) is 3.40. The van der Waals surface area contributed by atoms with Crippen molar-refractivity contribution < 1.29 is 14.3 Å². The van der Waals surface area contributed by atoms with Gasteiger partial charge in [0.15, 0.2) is 0 Å². The summed E-state index contributed by atoms with van der Waals surface area (Å²) in [6.07, 6.45) is 4.27. The molecule has 0 radical (unpaired) electrons. The van der Waals surface area contributed by atoms with Crippen molar-refractivity contribution in [1.82, 2.24) is 20.3 Å². The first-order chi connectivity index (χ1) is 17.0. The first-order valence-electron chi connectivity index (χ1n) is 11.7. The quantitative estimate of drug-likeness (QED) is 0.459. The number of anilines is 2. The van der Waals surface area contributed by atoms with Crippen LogP contribution >= 0.6 is 0 Å². The minimum Gasteiger partial charge on any atom is -0.496 e. The fourth-order valence-corrected chi connectivity index (χ4v) is 3.97. The van der Waals surface area contributed by atoms with Gasteiger partial charge in [-0.25, -0.2) is 15.0 Å². The van der Waals surface area contributed by atoms with Crippen LogP contribution in [-0.4, -0.2) is 67.9 Å². The molecule has 1 amide bonds. The van der Waals surface area contributed by atoms with Crippen LogP contribution in [0, 0.1) is 0 Å². The number of rotatable bonds is 10. The smallest absolute Gasteiger partial charge is 0.251 e. The molecule has 2 aromatic heterocycles. The van der Waals surface area contributed by atoms with E-state index in [0.29, 0.717) is 17.4 Å². The number of pyridine rings is 1. The molecule has 2 N–H and O–H groups in total. The molecule has 1 atom stereocenters. The zero-order valence-electron chi connectivity index (χ0n) is 20.6. The van der Waals surface area contributed by atoms with Gasteiger partial charge in [0, 0.05) is 44.0 Å². The molecule has 1 saturated heterocycles. The van der Waals surface area contributed by atoms with E-state index in [-0.39, 0.29) is 11.8 Å². The highest BCUT2D eigenvalue weighted by atomic mass is 16.5. The Balaban J connectivity index is 1.36. The minimum absolute atomic E-state index is 0.131. The summed E-state index contributed by atoms with van der Waals surface area (Å²) >= 11 is 0. The molecule has 0 aliphatic carbocycles. The topological polar surface area (TPSA) is 102 Å². The van der Waals surface area contributed by atoms with Crippen LogP contribution < -0.4 is 20.3 Å². The van der Waals surface area contributed by atoms with Gasteiger partial charge in [-0.15, -0.1) is 0 Å². The zero-order chi connectivity index (χ0) is 24.8. The summed E-state index contributed by atoms with van der Waals surface area (Å²) in [6, 6.07) is 11.9. The molecule has 0 saturated carbocycles. The summed E-state index contributed by atoms with van der Waals surface area (Å²) in [5.74, 6) is 2.49. The van der Waals surface area contributed by atoms with Gasteiger partial charge in [0.2, 0.25) is 0 Å². The van der Waals surface area contributed by atoms with Crippen LogP contribution in [0.15, 0.2) is 48.9 Å². The van der Waals surface area contributed by atoms with Crippen LogP contribution in [0.4, 0.5) is 11.6 Å². The Kier molecular flexibility index (Phi) is 7.77.